The van der Waals surface area contributed by atoms with Crippen LogP contribution in [-0.2, 0) is 4.79 Å². The van der Waals surface area contributed by atoms with Gasteiger partial charge < -0.3 is 9.64 Å². The van der Waals surface area contributed by atoms with Crippen LogP contribution in [0.4, 0.5) is 0 Å². The number of carbonyl (C=O) groups excluding carboxylic acids is 1. The number of carbonyl (C=O) groups is 1. The van der Waals surface area contributed by atoms with Gasteiger partial charge in [0.05, 0.1) is 6.54 Å². The molecule has 3 heteroatoms. The third-order valence-corrected chi connectivity index (χ3v) is 2.35. The molecule has 0 atom stereocenters. The molecule has 66 valence electrons. The van der Waals surface area contributed by atoms with Gasteiger partial charge in [-0.3, -0.25) is 4.90 Å². The first-order valence-corrected chi connectivity index (χ1v) is 4.37. The zero-order valence-electron chi connectivity index (χ0n) is 7.20. The third kappa shape index (κ3) is 2.63. The van der Waals surface area contributed by atoms with Crippen LogP contribution in [0.1, 0.15) is 12.8 Å². The van der Waals surface area contributed by atoms with Crippen molar-refractivity contribution in [2.75, 3.05) is 26.2 Å². The van der Waals surface area contributed by atoms with E-state index in [2.05, 4.69) is 9.74 Å². The molecule has 0 unspecified atom stereocenters. The lowest BCUT2D eigenvalue weighted by Gasteiger charge is -2.27. The van der Waals surface area contributed by atoms with Gasteiger partial charge >= 0.3 is 0 Å². The van der Waals surface area contributed by atoms with E-state index in [1.165, 1.54) is 0 Å². The highest BCUT2D eigenvalue weighted by atomic mass is 16.1. The fraction of sp³-hybridized carbons (Fsp3) is 0.778. The van der Waals surface area contributed by atoms with Crippen LogP contribution in [0.2, 0.25) is 0 Å². The zero-order chi connectivity index (χ0) is 8.81. The number of hydrogen-bond donors (Lipinski definition) is 0. The number of nitrogens with zero attached hydrogens (tertiary/aromatic N) is 2. The Kier molecular flexibility index (Phi) is 3.75. The smallest absolute Gasteiger partial charge is 0.227 e. The Hall–Kier alpha value is -0.880. The molecule has 0 aromatic carbocycles. The van der Waals surface area contributed by atoms with Crippen LogP contribution in [0.3, 0.4) is 0 Å². The zero-order valence-corrected chi connectivity index (χ0v) is 7.20. The Balaban J connectivity index is 2.18. The summed E-state index contributed by atoms with van der Waals surface area (Å²) in [7, 11) is 0. The highest BCUT2D eigenvalue weighted by Crippen LogP contribution is 2.13. The first-order valence-electron chi connectivity index (χ1n) is 4.37. The van der Waals surface area contributed by atoms with Crippen molar-refractivity contribution in [2.24, 2.45) is 5.92 Å². The lowest BCUT2D eigenvalue weighted by Crippen LogP contribution is -2.35. The number of hydrogen-bond acceptors (Lipinski definition) is 2. The molecule has 3 nitrogen and oxygen atoms in total. The Morgan fingerprint density at radius 1 is 1.50 bits per heavy atom. The second-order valence-corrected chi connectivity index (χ2v) is 3.20. The molecular formula is C9H14N2O. The fourth-order valence-electron chi connectivity index (χ4n) is 1.50. The van der Waals surface area contributed by atoms with Crippen LogP contribution in [0.15, 0.2) is 0 Å². The van der Waals surface area contributed by atoms with Crippen molar-refractivity contribution in [3.63, 3.8) is 0 Å². The molecule has 1 aliphatic rings. The quantitative estimate of drug-likeness (QED) is 0.458. The van der Waals surface area contributed by atoms with Crippen molar-refractivity contribution in [1.29, 1.82) is 0 Å². The van der Waals surface area contributed by atoms with Crippen LogP contribution in [0.25, 0.3) is 4.85 Å². The molecule has 0 radical (unpaired) electrons. The summed E-state index contributed by atoms with van der Waals surface area (Å²) in [6.45, 7) is 10.1. The van der Waals surface area contributed by atoms with Gasteiger partial charge in [-0.05, 0) is 25.9 Å². The predicted octanol–water partition coefficient (Wildman–Crippen LogP) is 0.817. The Morgan fingerprint density at radius 2 is 2.17 bits per heavy atom. The Labute approximate surface area is 73.2 Å². The lowest BCUT2D eigenvalue weighted by atomic mass is 9.99. The van der Waals surface area contributed by atoms with Crippen LogP contribution in [0.5, 0.6) is 0 Å². The molecule has 0 N–H and O–H groups in total. The normalized spacial score (nSPS) is 20.2. The summed E-state index contributed by atoms with van der Waals surface area (Å²) in [6, 6.07) is 0. The van der Waals surface area contributed by atoms with Crippen molar-refractivity contribution in [1.82, 2.24) is 4.90 Å². The average Bonchev–Trinajstić information content (AvgIpc) is 2.15. The molecule has 1 heterocycles. The minimum Gasteiger partial charge on any atom is -0.316 e. The standard InChI is InChI=1S/C9H14N2O/c1-10-4-7-11-5-2-9(8-12)3-6-11/h8-9H,2-7H2. The molecule has 12 heavy (non-hydrogen) atoms. The maximum atomic E-state index is 10.4. The highest BCUT2D eigenvalue weighted by molar-refractivity contribution is 5.53. The summed E-state index contributed by atoms with van der Waals surface area (Å²) in [5, 5.41) is 0. The van der Waals surface area contributed by atoms with Gasteiger partial charge in [0, 0.05) is 5.92 Å². The molecular weight excluding hydrogens is 152 g/mol. The molecule has 1 fully saturated rings. The number of rotatable bonds is 3. The van der Waals surface area contributed by atoms with E-state index in [9.17, 15) is 4.79 Å². The summed E-state index contributed by atoms with van der Waals surface area (Å²) in [5.74, 6) is 0.272. The maximum Gasteiger partial charge on any atom is 0.227 e. The minimum absolute atomic E-state index is 0.272. The first-order chi connectivity index (χ1) is 5.86. The van der Waals surface area contributed by atoms with Gasteiger partial charge in [-0.15, -0.1) is 0 Å². The van der Waals surface area contributed by atoms with Gasteiger partial charge in [0.2, 0.25) is 6.54 Å². The first kappa shape index (κ1) is 9.21. The monoisotopic (exact) mass is 166 g/mol. The van der Waals surface area contributed by atoms with Crippen LogP contribution in [0, 0.1) is 12.5 Å². The van der Waals surface area contributed by atoms with Crippen molar-refractivity contribution < 1.29 is 4.79 Å². The molecule has 0 saturated carbocycles. The molecule has 1 aliphatic heterocycles. The second-order valence-electron chi connectivity index (χ2n) is 3.20. The van der Waals surface area contributed by atoms with E-state index >= 15 is 0 Å². The van der Waals surface area contributed by atoms with Crippen LogP contribution < -0.4 is 0 Å². The minimum atomic E-state index is 0.272. The van der Waals surface area contributed by atoms with Gasteiger partial charge in [-0.1, -0.05) is 0 Å². The second kappa shape index (κ2) is 4.89. The average molecular weight is 166 g/mol. The van der Waals surface area contributed by atoms with Gasteiger partial charge in [0.15, 0.2) is 0 Å². The van der Waals surface area contributed by atoms with Crippen molar-refractivity contribution >= 4 is 6.29 Å². The fourth-order valence-corrected chi connectivity index (χ4v) is 1.50. The third-order valence-electron chi connectivity index (χ3n) is 2.35. The van der Waals surface area contributed by atoms with Crippen LogP contribution >= 0.6 is 0 Å². The van der Waals surface area contributed by atoms with Crippen molar-refractivity contribution in [3.8, 4) is 0 Å². The van der Waals surface area contributed by atoms with E-state index in [0.29, 0.717) is 6.54 Å². The lowest BCUT2D eigenvalue weighted by molar-refractivity contribution is -0.112. The van der Waals surface area contributed by atoms with E-state index in [4.69, 9.17) is 6.57 Å². The number of likely N-dealkylation sites (tertiary alicyclic amines) is 1. The van der Waals surface area contributed by atoms with E-state index in [-0.39, 0.29) is 5.92 Å². The molecule has 0 spiro atoms. The molecule has 0 bridgehead atoms. The summed E-state index contributed by atoms with van der Waals surface area (Å²) >= 11 is 0. The summed E-state index contributed by atoms with van der Waals surface area (Å²) in [6.07, 6.45) is 3.01. The molecule has 0 amide bonds. The number of aldehydes is 1. The summed E-state index contributed by atoms with van der Waals surface area (Å²) < 4.78 is 0. The highest BCUT2D eigenvalue weighted by Gasteiger charge is 2.18. The van der Waals surface area contributed by atoms with E-state index in [1.54, 1.807) is 0 Å². The number of piperidine rings is 1. The van der Waals surface area contributed by atoms with Gasteiger partial charge in [0.1, 0.15) is 6.29 Å². The van der Waals surface area contributed by atoms with Gasteiger partial charge in [0.25, 0.3) is 0 Å². The molecule has 0 aromatic rings. The summed E-state index contributed by atoms with van der Waals surface area (Å²) in [5.41, 5.74) is 0. The molecule has 0 aromatic heterocycles. The van der Waals surface area contributed by atoms with Crippen LogP contribution in [-0.4, -0.2) is 37.4 Å². The predicted molar refractivity (Wildman–Crippen MR) is 46.7 cm³/mol. The van der Waals surface area contributed by atoms with Crippen molar-refractivity contribution in [3.05, 3.63) is 11.4 Å². The summed E-state index contributed by atoms with van der Waals surface area (Å²) in [4.78, 5) is 16.0. The van der Waals surface area contributed by atoms with E-state index in [0.717, 1.165) is 38.8 Å². The molecule has 1 saturated heterocycles. The topological polar surface area (TPSA) is 24.7 Å². The van der Waals surface area contributed by atoms with Gasteiger partial charge in [-0.2, -0.15) is 0 Å². The molecule has 0 aliphatic carbocycles. The maximum absolute atomic E-state index is 10.4. The SMILES string of the molecule is [C-]#[N+]CCN1CCC(C=O)CC1. The van der Waals surface area contributed by atoms with E-state index < -0.39 is 0 Å². The van der Waals surface area contributed by atoms with E-state index in [1.807, 2.05) is 0 Å². The Bertz CT molecular complexity index is 177. The Morgan fingerprint density at radius 3 is 2.67 bits per heavy atom. The largest absolute Gasteiger partial charge is 0.316 e. The molecule has 1 rings (SSSR count). The van der Waals surface area contributed by atoms with Crippen molar-refractivity contribution in [2.45, 2.75) is 12.8 Å². The van der Waals surface area contributed by atoms with Gasteiger partial charge in [-0.25, -0.2) is 6.57 Å².